The van der Waals surface area contributed by atoms with Gasteiger partial charge in [-0.1, -0.05) is 52.0 Å². The number of alkyl halides is 12. The lowest BCUT2D eigenvalue weighted by Gasteiger charge is -2.38. The largest absolute Gasteiger partial charge is 0.430 e. The Morgan fingerprint density at radius 1 is 0.483 bits per heavy atom. The van der Waals surface area contributed by atoms with Crippen molar-refractivity contribution in [2.24, 2.45) is 0 Å². The monoisotopic (exact) mass is 868 g/mol. The van der Waals surface area contributed by atoms with Gasteiger partial charge in [-0.3, -0.25) is 23.7 Å². The molecule has 2 N–H and O–H groups in total. The summed E-state index contributed by atoms with van der Waals surface area (Å²) in [5.41, 5.74) is -26.1. The number of aromatic nitrogens is 2. The van der Waals surface area contributed by atoms with E-state index in [-0.39, 0.29) is 36.0 Å². The van der Waals surface area contributed by atoms with Crippen LogP contribution in [0.4, 0.5) is 52.7 Å². The maximum atomic E-state index is 14.5. The number of fused-ring (bicyclic) bond motifs is 2. The molecule has 0 saturated heterocycles. The molecule has 5 rings (SSSR count). The SMILES string of the molecule is CCC(C)(CC)c1ccc(Cc2ccc(-n3c(=O)c4cc5c(=O)n(C(C)(C)CC)c(=O)c5cc4c3=O)c(C(O)(C(F)(F)F)C(F)(F)F)c2)cc1C(O)(C(F)(F)F)C(F)(F)F. The van der Waals surface area contributed by atoms with Crippen LogP contribution < -0.4 is 22.2 Å². The molecule has 60 heavy (non-hydrogen) atoms. The first-order valence-corrected chi connectivity index (χ1v) is 18.1. The minimum Gasteiger partial charge on any atom is -0.369 e. The van der Waals surface area contributed by atoms with E-state index in [0.29, 0.717) is 12.1 Å². The van der Waals surface area contributed by atoms with Gasteiger partial charge in [-0.2, -0.15) is 52.7 Å². The summed E-state index contributed by atoms with van der Waals surface area (Å²) in [6, 6.07) is 4.77. The van der Waals surface area contributed by atoms with Crippen LogP contribution >= 0.6 is 0 Å². The first kappa shape index (κ1) is 46.1. The number of halogens is 12. The molecule has 0 saturated carbocycles. The van der Waals surface area contributed by atoms with Gasteiger partial charge in [0.25, 0.3) is 33.4 Å². The smallest absolute Gasteiger partial charge is 0.369 e. The molecule has 8 nitrogen and oxygen atoms in total. The van der Waals surface area contributed by atoms with E-state index in [2.05, 4.69) is 0 Å². The van der Waals surface area contributed by atoms with E-state index < -0.39 is 131 Å². The molecule has 0 fully saturated rings. The summed E-state index contributed by atoms with van der Waals surface area (Å²) in [6.45, 7) is 8.97. The lowest BCUT2D eigenvalue weighted by Crippen LogP contribution is -2.55. The number of nitrogens with zero attached hydrogens (tertiary/aromatic N) is 2. The molecule has 0 bridgehead atoms. The zero-order valence-electron chi connectivity index (χ0n) is 32.4. The lowest BCUT2D eigenvalue weighted by atomic mass is 9.71. The molecule has 0 aliphatic rings. The molecule has 2 heterocycles. The summed E-state index contributed by atoms with van der Waals surface area (Å²) < 4.78 is 173. The van der Waals surface area contributed by atoms with Crippen molar-refractivity contribution in [1.82, 2.24) is 9.13 Å². The number of aliphatic hydroxyl groups is 2. The van der Waals surface area contributed by atoms with Crippen LogP contribution in [0.2, 0.25) is 0 Å². The number of hydrogen-bond donors (Lipinski definition) is 2. The topological polar surface area (TPSA) is 119 Å². The van der Waals surface area contributed by atoms with Crippen molar-refractivity contribution < 1.29 is 62.9 Å². The van der Waals surface area contributed by atoms with Crippen LogP contribution in [0.25, 0.3) is 27.2 Å². The van der Waals surface area contributed by atoms with Crippen LogP contribution in [-0.4, -0.2) is 44.1 Å². The predicted octanol–water partition coefficient (Wildman–Crippen LogP) is 8.34. The Kier molecular flexibility index (Phi) is 11.0. The van der Waals surface area contributed by atoms with E-state index in [1.165, 1.54) is 20.8 Å². The molecular weight excluding hydrogens is 832 g/mol. The van der Waals surface area contributed by atoms with Crippen molar-refractivity contribution in [2.45, 2.75) is 114 Å². The van der Waals surface area contributed by atoms with Crippen LogP contribution in [0.3, 0.4) is 0 Å². The number of hydrogen-bond acceptors (Lipinski definition) is 6. The van der Waals surface area contributed by atoms with Gasteiger partial charge in [-0.25, -0.2) is 4.57 Å². The molecule has 2 aromatic heterocycles. The van der Waals surface area contributed by atoms with Crippen molar-refractivity contribution in [2.75, 3.05) is 0 Å². The van der Waals surface area contributed by atoms with Crippen molar-refractivity contribution in [3.8, 4) is 5.69 Å². The minimum atomic E-state index is -6.65. The van der Waals surface area contributed by atoms with Crippen LogP contribution in [-0.2, 0) is 28.6 Å². The van der Waals surface area contributed by atoms with Gasteiger partial charge in [0.1, 0.15) is 0 Å². The van der Waals surface area contributed by atoms with E-state index in [1.54, 1.807) is 20.8 Å². The highest BCUT2D eigenvalue weighted by atomic mass is 19.4. The third-order valence-electron chi connectivity index (χ3n) is 11.8. The van der Waals surface area contributed by atoms with Crippen LogP contribution in [0.5, 0.6) is 0 Å². The Morgan fingerprint density at radius 2 is 0.850 bits per heavy atom. The summed E-state index contributed by atoms with van der Waals surface area (Å²) in [7, 11) is 0. The highest BCUT2D eigenvalue weighted by Crippen LogP contribution is 2.54. The summed E-state index contributed by atoms with van der Waals surface area (Å²) >= 11 is 0. The standard InChI is InChI=1S/C40H36F12N2O6/c1-7-33(4,5)54-31(57)23-17-21-22(18-24(23)32(54)58)30(56)53(29(21)55)28-13-11-20(16-27(28)36(60,39(47,48)49)40(50,51)52)14-19-10-12-25(34(6,8-2)9-3)26(15-19)35(59,37(41,42)43)38(44,45)46/h10-13,15-18,59-60H,7-9,14H2,1-6H3. The normalized spacial score (nSPS) is 14.2. The molecule has 0 atom stereocenters. The maximum Gasteiger partial charge on any atom is 0.430 e. The van der Waals surface area contributed by atoms with E-state index in [9.17, 15) is 82.1 Å². The van der Waals surface area contributed by atoms with Gasteiger partial charge in [-0.05, 0) is 85.9 Å². The second-order valence-corrected chi connectivity index (χ2v) is 15.6. The van der Waals surface area contributed by atoms with Crippen molar-refractivity contribution in [1.29, 1.82) is 0 Å². The Hall–Kier alpha value is -4.98. The zero-order valence-corrected chi connectivity index (χ0v) is 32.4. The summed E-state index contributed by atoms with van der Waals surface area (Å²) in [4.78, 5) is 54.2. The maximum absolute atomic E-state index is 14.5. The van der Waals surface area contributed by atoms with Gasteiger partial charge in [0.2, 0.25) is 0 Å². The van der Waals surface area contributed by atoms with Crippen LogP contribution in [0.1, 0.15) is 88.6 Å². The first-order chi connectivity index (χ1) is 27.2. The molecule has 326 valence electrons. The molecule has 0 spiro atoms. The van der Waals surface area contributed by atoms with Crippen molar-refractivity contribution in [3.05, 3.63) is 118 Å². The van der Waals surface area contributed by atoms with Gasteiger partial charge in [0.15, 0.2) is 0 Å². The van der Waals surface area contributed by atoms with Crippen molar-refractivity contribution in [3.63, 3.8) is 0 Å². The fourth-order valence-corrected chi connectivity index (χ4v) is 7.40. The molecule has 0 amide bonds. The van der Waals surface area contributed by atoms with Gasteiger partial charge < -0.3 is 10.2 Å². The van der Waals surface area contributed by atoms with E-state index in [0.717, 1.165) is 28.8 Å². The van der Waals surface area contributed by atoms with E-state index in [1.807, 2.05) is 0 Å². The second kappa shape index (κ2) is 14.3. The quantitative estimate of drug-likeness (QED) is 0.136. The van der Waals surface area contributed by atoms with Gasteiger partial charge in [0.05, 0.1) is 27.2 Å². The Bertz CT molecular complexity index is 2600. The fraction of sp³-hybridized carbons (Fsp3) is 0.450. The summed E-state index contributed by atoms with van der Waals surface area (Å²) in [5.74, 6) is 0. The second-order valence-electron chi connectivity index (χ2n) is 15.6. The minimum absolute atomic E-state index is 0.0348. The number of benzene rings is 3. The highest BCUT2D eigenvalue weighted by molar-refractivity contribution is 5.98. The predicted molar refractivity (Wildman–Crippen MR) is 195 cm³/mol. The zero-order chi connectivity index (χ0) is 45.7. The van der Waals surface area contributed by atoms with Crippen LogP contribution in [0.15, 0.2) is 67.7 Å². The molecule has 0 aliphatic heterocycles. The molecule has 0 radical (unpaired) electrons. The molecule has 5 aromatic rings. The fourth-order valence-electron chi connectivity index (χ4n) is 7.40. The number of rotatable bonds is 10. The summed E-state index contributed by atoms with van der Waals surface area (Å²) in [5, 5.41) is 18.9. The Morgan fingerprint density at radius 3 is 1.23 bits per heavy atom. The first-order valence-electron chi connectivity index (χ1n) is 18.1. The van der Waals surface area contributed by atoms with Gasteiger partial charge >= 0.3 is 24.7 Å². The third kappa shape index (κ3) is 6.73. The molecule has 20 heteroatoms. The van der Waals surface area contributed by atoms with E-state index in [4.69, 9.17) is 0 Å². The van der Waals surface area contributed by atoms with Crippen LogP contribution in [0, 0.1) is 0 Å². The lowest BCUT2D eigenvalue weighted by molar-refractivity contribution is -0.377. The van der Waals surface area contributed by atoms with Gasteiger partial charge in [0, 0.05) is 16.7 Å². The third-order valence-corrected chi connectivity index (χ3v) is 11.8. The molecule has 3 aromatic carbocycles. The van der Waals surface area contributed by atoms with E-state index >= 15 is 0 Å². The molecule has 0 aliphatic carbocycles. The Labute approximate surface area is 331 Å². The summed E-state index contributed by atoms with van der Waals surface area (Å²) in [6.07, 6.45) is -26.9. The highest BCUT2D eigenvalue weighted by Gasteiger charge is 2.73. The molecule has 0 unspecified atom stereocenters. The molecular formula is C40H36F12N2O6. The average molecular weight is 869 g/mol. The van der Waals surface area contributed by atoms with Crippen molar-refractivity contribution >= 4 is 21.5 Å². The Balaban J connectivity index is 1.83. The average Bonchev–Trinajstić information content (AvgIpc) is 3.54. The van der Waals surface area contributed by atoms with Gasteiger partial charge in [-0.15, -0.1) is 0 Å².